The van der Waals surface area contributed by atoms with E-state index in [1.807, 2.05) is 42.5 Å². The van der Waals surface area contributed by atoms with E-state index in [2.05, 4.69) is 25.9 Å². The number of hydrogen-bond acceptors (Lipinski definition) is 2. The number of aromatic hydroxyl groups is 2. The Morgan fingerprint density at radius 2 is 1.38 bits per heavy atom. The first-order valence-corrected chi connectivity index (χ1v) is 7.24. The van der Waals surface area contributed by atoms with Gasteiger partial charge in [-0.25, -0.2) is 0 Å². The van der Waals surface area contributed by atoms with E-state index in [-0.39, 0.29) is 11.5 Å². The third kappa shape index (κ3) is 1.74. The zero-order valence-corrected chi connectivity index (χ0v) is 12.4. The van der Waals surface area contributed by atoms with Crippen LogP contribution in [0.25, 0.3) is 33.2 Å². The van der Waals surface area contributed by atoms with Crippen LogP contribution in [0.3, 0.4) is 0 Å². The number of benzene rings is 2. The van der Waals surface area contributed by atoms with Gasteiger partial charge in [-0.1, -0.05) is 28.1 Å². The lowest BCUT2D eigenvalue weighted by atomic mass is 10.2. The molecule has 104 valence electrons. The van der Waals surface area contributed by atoms with Crippen LogP contribution >= 0.6 is 15.9 Å². The lowest BCUT2D eigenvalue weighted by molar-refractivity contribution is 0.475. The predicted molar refractivity (Wildman–Crippen MR) is 86.6 cm³/mol. The summed E-state index contributed by atoms with van der Waals surface area (Å²) in [5.41, 5.74) is 2.60. The number of aromatic amines is 2. The molecule has 0 spiro atoms. The number of fused-ring (bicyclic) bond motifs is 2. The number of rotatable bonds is 1. The van der Waals surface area contributed by atoms with Crippen molar-refractivity contribution in [3.8, 4) is 22.9 Å². The van der Waals surface area contributed by atoms with E-state index < -0.39 is 0 Å². The van der Waals surface area contributed by atoms with Crippen LogP contribution in [0.1, 0.15) is 0 Å². The van der Waals surface area contributed by atoms with Crippen LogP contribution in [-0.4, -0.2) is 20.2 Å². The molecule has 2 heterocycles. The van der Waals surface area contributed by atoms with Crippen molar-refractivity contribution in [3.63, 3.8) is 0 Å². The van der Waals surface area contributed by atoms with Crippen molar-refractivity contribution in [2.75, 3.05) is 0 Å². The first-order valence-electron chi connectivity index (χ1n) is 6.45. The summed E-state index contributed by atoms with van der Waals surface area (Å²) in [6.07, 6.45) is 0. The fraction of sp³-hybridized carbons (Fsp3) is 0. The van der Waals surface area contributed by atoms with E-state index in [9.17, 15) is 10.2 Å². The van der Waals surface area contributed by atoms with Crippen LogP contribution in [0.15, 0.2) is 46.9 Å². The average molecular weight is 343 g/mol. The second kappa shape index (κ2) is 4.30. The molecule has 0 amide bonds. The Bertz CT molecular complexity index is 985. The molecule has 0 fully saturated rings. The fourth-order valence-corrected chi connectivity index (χ4v) is 3.00. The highest BCUT2D eigenvalue weighted by molar-refractivity contribution is 9.10. The topological polar surface area (TPSA) is 72.0 Å². The summed E-state index contributed by atoms with van der Waals surface area (Å²) < 4.78 is 0.886. The van der Waals surface area contributed by atoms with E-state index in [0.29, 0.717) is 16.8 Å². The van der Waals surface area contributed by atoms with Crippen LogP contribution in [0.2, 0.25) is 0 Å². The molecule has 4 nitrogen and oxygen atoms in total. The second-order valence-corrected chi connectivity index (χ2v) is 5.85. The second-order valence-electron chi connectivity index (χ2n) is 4.93. The highest BCUT2D eigenvalue weighted by Gasteiger charge is 2.19. The predicted octanol–water partition coefficient (Wildman–Crippen LogP) is 4.49. The van der Waals surface area contributed by atoms with Gasteiger partial charge in [0.25, 0.3) is 0 Å². The lowest BCUT2D eigenvalue weighted by Crippen LogP contribution is -1.78. The fourth-order valence-electron chi connectivity index (χ4n) is 2.64. The van der Waals surface area contributed by atoms with Crippen LogP contribution in [0, 0.1) is 0 Å². The Labute approximate surface area is 128 Å². The monoisotopic (exact) mass is 342 g/mol. The Hall–Kier alpha value is -2.40. The molecule has 0 aliphatic rings. The first-order chi connectivity index (χ1) is 10.1. The summed E-state index contributed by atoms with van der Waals surface area (Å²) in [6.45, 7) is 0. The molecule has 0 aliphatic heterocycles. The van der Waals surface area contributed by atoms with Gasteiger partial charge < -0.3 is 20.2 Å². The van der Waals surface area contributed by atoms with Gasteiger partial charge in [0.2, 0.25) is 0 Å². The zero-order valence-electron chi connectivity index (χ0n) is 10.8. The molecule has 4 rings (SSSR count). The molecule has 0 saturated carbocycles. The summed E-state index contributed by atoms with van der Waals surface area (Å²) in [5, 5.41) is 22.2. The third-order valence-corrected chi connectivity index (χ3v) is 4.16. The number of para-hydroxylation sites is 1. The van der Waals surface area contributed by atoms with Gasteiger partial charge in [0.05, 0.1) is 0 Å². The van der Waals surface area contributed by atoms with Crippen LogP contribution < -0.4 is 0 Å². The van der Waals surface area contributed by atoms with Gasteiger partial charge in [0.1, 0.15) is 11.4 Å². The smallest absolute Gasteiger partial charge is 0.150 e. The Morgan fingerprint density at radius 3 is 2.10 bits per heavy atom. The number of aromatic nitrogens is 2. The minimum absolute atomic E-state index is 0.119. The normalized spacial score (nSPS) is 11.5. The molecule has 0 radical (unpaired) electrons. The van der Waals surface area contributed by atoms with E-state index in [0.717, 1.165) is 20.9 Å². The lowest BCUT2D eigenvalue weighted by Gasteiger charge is -1.97. The maximum Gasteiger partial charge on any atom is 0.150 e. The van der Waals surface area contributed by atoms with Crippen molar-refractivity contribution in [2.24, 2.45) is 0 Å². The summed E-state index contributed by atoms with van der Waals surface area (Å²) in [5.74, 6) is 0.250. The molecule has 21 heavy (non-hydrogen) atoms. The van der Waals surface area contributed by atoms with Crippen LogP contribution in [0.5, 0.6) is 11.5 Å². The van der Waals surface area contributed by atoms with Gasteiger partial charge in [-0.05, 0) is 30.3 Å². The van der Waals surface area contributed by atoms with Crippen LogP contribution in [0.4, 0.5) is 0 Å². The Kier molecular flexibility index (Phi) is 2.53. The summed E-state index contributed by atoms with van der Waals surface area (Å²) >= 11 is 3.39. The molecule has 2 aromatic heterocycles. The molecule has 0 bridgehead atoms. The van der Waals surface area contributed by atoms with Gasteiger partial charge in [0, 0.05) is 26.3 Å². The number of H-pyrrole nitrogens is 2. The molecule has 4 N–H and O–H groups in total. The molecular weight excluding hydrogens is 332 g/mol. The molecule has 0 saturated heterocycles. The van der Waals surface area contributed by atoms with Crippen LogP contribution in [-0.2, 0) is 0 Å². The van der Waals surface area contributed by atoms with Gasteiger partial charge in [-0.3, -0.25) is 0 Å². The summed E-state index contributed by atoms with van der Waals surface area (Å²) in [4.78, 5) is 6.29. The molecule has 5 heteroatoms. The quantitative estimate of drug-likeness (QED) is 0.411. The maximum absolute atomic E-state index is 10.4. The third-order valence-electron chi connectivity index (χ3n) is 3.66. The highest BCUT2D eigenvalue weighted by atomic mass is 79.9. The molecular formula is C16H11BrN2O2. The van der Waals surface area contributed by atoms with Crippen molar-refractivity contribution >= 4 is 37.7 Å². The van der Waals surface area contributed by atoms with E-state index in [4.69, 9.17) is 0 Å². The largest absolute Gasteiger partial charge is 0.505 e. The standard InChI is InChI=1S/C16H11BrN2O2/c17-8-5-6-12-10(7-8)16(21)14(19-12)13-15(20)9-3-1-2-4-11(9)18-13/h1-7,18-21H. The van der Waals surface area contributed by atoms with E-state index in [1.165, 1.54) is 0 Å². The molecule has 0 atom stereocenters. The summed E-state index contributed by atoms with van der Waals surface area (Å²) in [7, 11) is 0. The van der Waals surface area contributed by atoms with Crippen molar-refractivity contribution in [1.82, 2.24) is 9.97 Å². The number of halogens is 1. The van der Waals surface area contributed by atoms with Gasteiger partial charge in [-0.15, -0.1) is 0 Å². The van der Waals surface area contributed by atoms with Gasteiger partial charge in [0.15, 0.2) is 11.5 Å². The van der Waals surface area contributed by atoms with E-state index >= 15 is 0 Å². The average Bonchev–Trinajstić information content (AvgIpc) is 2.98. The van der Waals surface area contributed by atoms with E-state index in [1.54, 1.807) is 0 Å². The SMILES string of the molecule is Oc1c(-c2[nH]c3ccc(Br)cc3c2O)[nH]c2ccccc12. The van der Waals surface area contributed by atoms with Crippen molar-refractivity contribution < 1.29 is 10.2 Å². The molecule has 0 aliphatic carbocycles. The first kappa shape index (κ1) is 12.3. The van der Waals surface area contributed by atoms with Crippen molar-refractivity contribution in [1.29, 1.82) is 0 Å². The van der Waals surface area contributed by atoms with Crippen molar-refractivity contribution in [3.05, 3.63) is 46.9 Å². The zero-order chi connectivity index (χ0) is 14.6. The molecule has 4 aromatic rings. The van der Waals surface area contributed by atoms with Gasteiger partial charge in [-0.2, -0.15) is 0 Å². The number of nitrogens with one attached hydrogen (secondary N) is 2. The minimum Gasteiger partial charge on any atom is -0.505 e. The minimum atomic E-state index is 0.119. The van der Waals surface area contributed by atoms with Crippen molar-refractivity contribution in [2.45, 2.75) is 0 Å². The summed E-state index contributed by atoms with van der Waals surface area (Å²) in [6, 6.07) is 13.1. The molecule has 0 unspecified atom stereocenters. The Balaban J connectivity index is 2.04. The number of hydrogen-bond donors (Lipinski definition) is 4. The molecule has 2 aromatic carbocycles. The highest BCUT2D eigenvalue weighted by Crippen LogP contribution is 2.42. The Morgan fingerprint density at radius 1 is 0.762 bits per heavy atom. The van der Waals surface area contributed by atoms with Gasteiger partial charge >= 0.3 is 0 Å². The maximum atomic E-state index is 10.4.